The minimum absolute atomic E-state index is 0.676. The molecule has 0 aliphatic carbocycles. The Balaban J connectivity index is 1.78. The van der Waals surface area contributed by atoms with Crippen molar-refractivity contribution in [2.75, 3.05) is 5.32 Å². The third-order valence-electron chi connectivity index (χ3n) is 2.76. The van der Waals surface area contributed by atoms with E-state index in [0.717, 1.165) is 21.5 Å². The van der Waals surface area contributed by atoms with Crippen LogP contribution in [0, 0.1) is 0 Å². The zero-order chi connectivity index (χ0) is 13.2. The Hall–Kier alpha value is -1.52. The van der Waals surface area contributed by atoms with Gasteiger partial charge in [0.15, 0.2) is 0 Å². The number of nitrogens with zero attached hydrogens (tertiary/aromatic N) is 2. The van der Waals surface area contributed by atoms with Gasteiger partial charge < -0.3 is 9.72 Å². The average molecular weight is 337 g/mol. The van der Waals surface area contributed by atoms with E-state index in [9.17, 15) is 0 Å². The minimum atomic E-state index is 0.676. The van der Waals surface area contributed by atoms with E-state index in [1.54, 1.807) is 0 Å². The zero-order valence-corrected chi connectivity index (χ0v) is 12.3. The number of nitrogens with one attached hydrogen (secondary N) is 1. The molecule has 0 fully saturated rings. The lowest BCUT2D eigenvalue weighted by molar-refractivity contribution is 1.08. The van der Waals surface area contributed by atoms with Gasteiger partial charge in [-0.15, -0.1) is 0 Å². The third-order valence-corrected chi connectivity index (χ3v) is 3.48. The fraction of sp³-hybridized carbons (Fsp3) is 0.0714. The lowest BCUT2D eigenvalue weighted by Crippen LogP contribution is -1.99. The minimum Gasteiger partial charge on any atom is -0.379 e. The van der Waals surface area contributed by atoms with Crippen molar-refractivity contribution in [1.29, 1.82) is 0 Å². The van der Waals surface area contributed by atoms with Crippen LogP contribution in [0.25, 0.3) is 5.65 Å². The molecule has 19 heavy (non-hydrogen) atoms. The number of rotatable bonds is 3. The summed E-state index contributed by atoms with van der Waals surface area (Å²) >= 11 is 9.40. The molecule has 2 heterocycles. The Morgan fingerprint density at radius 2 is 2.11 bits per heavy atom. The number of imidazole rings is 1. The summed E-state index contributed by atoms with van der Waals surface area (Å²) in [6.45, 7) is 0.676. The first-order chi connectivity index (χ1) is 9.20. The summed E-state index contributed by atoms with van der Waals surface area (Å²) < 4.78 is 2.99. The summed E-state index contributed by atoms with van der Waals surface area (Å²) in [5.41, 5.74) is 2.93. The first kappa shape index (κ1) is 12.5. The van der Waals surface area contributed by atoms with Crippen molar-refractivity contribution in [2.45, 2.75) is 6.54 Å². The molecule has 3 rings (SSSR count). The smallest absolute Gasteiger partial charge is 0.137 e. The van der Waals surface area contributed by atoms with Crippen LogP contribution in [0.1, 0.15) is 5.69 Å². The molecule has 5 heteroatoms. The molecule has 1 aromatic carbocycles. The summed E-state index contributed by atoms with van der Waals surface area (Å²) in [7, 11) is 0. The molecule has 0 spiro atoms. The molecular weight excluding hydrogens is 326 g/mol. The fourth-order valence-electron chi connectivity index (χ4n) is 1.89. The van der Waals surface area contributed by atoms with Crippen molar-refractivity contribution in [3.05, 3.63) is 64.0 Å². The van der Waals surface area contributed by atoms with Crippen molar-refractivity contribution < 1.29 is 0 Å². The van der Waals surface area contributed by atoms with Crippen LogP contribution in [-0.4, -0.2) is 9.38 Å². The Labute approximate surface area is 124 Å². The van der Waals surface area contributed by atoms with Gasteiger partial charge in [-0.1, -0.05) is 33.6 Å². The molecule has 96 valence electrons. The number of hydrogen-bond donors (Lipinski definition) is 1. The standard InChI is InChI=1S/C14H11BrClN3/c15-10-2-1-3-12(6-10)17-7-13-9-19-8-11(16)4-5-14(19)18-13/h1-6,8-9,17H,7H2. The lowest BCUT2D eigenvalue weighted by Gasteiger charge is -2.04. The van der Waals surface area contributed by atoms with Crippen molar-refractivity contribution >= 4 is 38.9 Å². The number of pyridine rings is 1. The van der Waals surface area contributed by atoms with Crippen molar-refractivity contribution in [3.63, 3.8) is 0 Å². The molecule has 1 N–H and O–H groups in total. The van der Waals surface area contributed by atoms with Crippen molar-refractivity contribution in [1.82, 2.24) is 9.38 Å². The van der Waals surface area contributed by atoms with Crippen LogP contribution in [0.4, 0.5) is 5.69 Å². The van der Waals surface area contributed by atoms with Gasteiger partial charge in [-0.2, -0.15) is 0 Å². The van der Waals surface area contributed by atoms with Gasteiger partial charge in [-0.25, -0.2) is 4.98 Å². The predicted octanol–water partition coefficient (Wildman–Crippen LogP) is 4.36. The molecule has 0 unspecified atom stereocenters. The van der Waals surface area contributed by atoms with Crippen LogP contribution < -0.4 is 5.32 Å². The Morgan fingerprint density at radius 1 is 1.21 bits per heavy atom. The van der Waals surface area contributed by atoms with Crippen molar-refractivity contribution in [2.24, 2.45) is 0 Å². The van der Waals surface area contributed by atoms with E-state index in [2.05, 4.69) is 26.2 Å². The number of fused-ring (bicyclic) bond motifs is 1. The molecule has 0 aliphatic rings. The van der Waals surface area contributed by atoms with E-state index in [0.29, 0.717) is 11.6 Å². The van der Waals surface area contributed by atoms with Crippen LogP contribution in [0.2, 0.25) is 5.02 Å². The highest BCUT2D eigenvalue weighted by Crippen LogP contribution is 2.17. The number of aromatic nitrogens is 2. The van der Waals surface area contributed by atoms with E-state index in [4.69, 9.17) is 11.6 Å². The normalized spacial score (nSPS) is 10.8. The molecule has 3 nitrogen and oxygen atoms in total. The Kier molecular flexibility index (Phi) is 3.44. The highest BCUT2D eigenvalue weighted by atomic mass is 79.9. The SMILES string of the molecule is Clc1ccc2nc(CNc3cccc(Br)c3)cn2c1. The van der Waals surface area contributed by atoms with Crippen LogP contribution in [-0.2, 0) is 6.54 Å². The second kappa shape index (κ2) is 5.23. The van der Waals surface area contributed by atoms with Crippen LogP contribution in [0.5, 0.6) is 0 Å². The molecule has 0 amide bonds. The predicted molar refractivity (Wildman–Crippen MR) is 81.7 cm³/mol. The lowest BCUT2D eigenvalue weighted by atomic mass is 10.3. The van der Waals surface area contributed by atoms with Crippen LogP contribution >= 0.6 is 27.5 Å². The van der Waals surface area contributed by atoms with Gasteiger partial charge in [-0.05, 0) is 30.3 Å². The molecule has 0 atom stereocenters. The highest BCUT2D eigenvalue weighted by Gasteiger charge is 2.02. The summed E-state index contributed by atoms with van der Waals surface area (Å²) in [6, 6.07) is 11.8. The Bertz CT molecular complexity index is 724. The molecule has 2 aromatic heterocycles. The number of hydrogen-bond acceptors (Lipinski definition) is 2. The summed E-state index contributed by atoms with van der Waals surface area (Å²) in [5.74, 6) is 0. The summed E-state index contributed by atoms with van der Waals surface area (Å²) in [5, 5.41) is 4.04. The third kappa shape index (κ3) is 2.91. The molecule has 0 radical (unpaired) electrons. The Morgan fingerprint density at radius 3 is 2.95 bits per heavy atom. The van der Waals surface area contributed by atoms with E-state index in [1.807, 2.05) is 53.2 Å². The first-order valence-electron chi connectivity index (χ1n) is 5.83. The molecule has 0 saturated heterocycles. The molecular formula is C14H11BrClN3. The fourth-order valence-corrected chi connectivity index (χ4v) is 2.46. The van der Waals surface area contributed by atoms with Gasteiger partial charge in [0.2, 0.25) is 0 Å². The molecule has 0 saturated carbocycles. The maximum Gasteiger partial charge on any atom is 0.137 e. The van der Waals surface area contributed by atoms with E-state index < -0.39 is 0 Å². The number of benzene rings is 1. The van der Waals surface area contributed by atoms with Gasteiger partial charge in [0, 0.05) is 22.6 Å². The zero-order valence-electron chi connectivity index (χ0n) is 9.98. The second-order valence-corrected chi connectivity index (χ2v) is 5.56. The van der Waals surface area contributed by atoms with Crippen LogP contribution in [0.3, 0.4) is 0 Å². The largest absolute Gasteiger partial charge is 0.379 e. The van der Waals surface area contributed by atoms with Crippen molar-refractivity contribution in [3.8, 4) is 0 Å². The first-order valence-corrected chi connectivity index (χ1v) is 7.00. The quantitative estimate of drug-likeness (QED) is 0.770. The highest BCUT2D eigenvalue weighted by molar-refractivity contribution is 9.10. The van der Waals surface area contributed by atoms with Gasteiger partial charge >= 0.3 is 0 Å². The number of halogens is 2. The molecule has 0 aliphatic heterocycles. The van der Waals surface area contributed by atoms with E-state index in [1.165, 1.54) is 0 Å². The maximum atomic E-state index is 5.95. The monoisotopic (exact) mass is 335 g/mol. The summed E-state index contributed by atoms with van der Waals surface area (Å²) in [6.07, 6.45) is 3.83. The van der Waals surface area contributed by atoms with Gasteiger partial charge in [0.25, 0.3) is 0 Å². The average Bonchev–Trinajstić information content (AvgIpc) is 2.78. The second-order valence-electron chi connectivity index (χ2n) is 4.21. The van der Waals surface area contributed by atoms with Gasteiger partial charge in [0.05, 0.1) is 17.3 Å². The van der Waals surface area contributed by atoms with Gasteiger partial charge in [-0.3, -0.25) is 0 Å². The molecule has 0 bridgehead atoms. The van der Waals surface area contributed by atoms with Gasteiger partial charge in [0.1, 0.15) is 5.65 Å². The number of anilines is 1. The van der Waals surface area contributed by atoms with E-state index in [-0.39, 0.29) is 0 Å². The van der Waals surface area contributed by atoms with Crippen LogP contribution in [0.15, 0.2) is 53.3 Å². The van der Waals surface area contributed by atoms with E-state index >= 15 is 0 Å². The topological polar surface area (TPSA) is 29.3 Å². The summed E-state index contributed by atoms with van der Waals surface area (Å²) in [4.78, 5) is 4.52. The maximum absolute atomic E-state index is 5.95. The molecule has 3 aromatic rings.